The summed E-state index contributed by atoms with van der Waals surface area (Å²) in [7, 11) is 0. The van der Waals surface area contributed by atoms with Gasteiger partial charge in [-0.1, -0.05) is 44.2 Å². The maximum absolute atomic E-state index is 14.8. The second-order valence-electron chi connectivity index (χ2n) is 11.0. The lowest BCUT2D eigenvalue weighted by atomic mass is 9.92. The Bertz CT molecular complexity index is 1520. The van der Waals surface area contributed by atoms with Crippen LogP contribution in [0.5, 0.6) is 0 Å². The van der Waals surface area contributed by atoms with Gasteiger partial charge in [-0.3, -0.25) is 24.2 Å². The second-order valence-corrected chi connectivity index (χ2v) is 12.0. The lowest BCUT2D eigenvalue weighted by Crippen LogP contribution is -2.55. The molecule has 3 amide bonds. The van der Waals surface area contributed by atoms with Gasteiger partial charge >= 0.3 is 0 Å². The van der Waals surface area contributed by atoms with E-state index in [1.54, 1.807) is 11.0 Å². The van der Waals surface area contributed by atoms with Gasteiger partial charge in [0.2, 0.25) is 5.91 Å². The quantitative estimate of drug-likeness (QED) is 0.367. The zero-order valence-corrected chi connectivity index (χ0v) is 24.6. The van der Waals surface area contributed by atoms with Gasteiger partial charge in [0.1, 0.15) is 36.4 Å². The van der Waals surface area contributed by atoms with Crippen molar-refractivity contribution in [2.75, 3.05) is 39.3 Å². The molecule has 2 aliphatic heterocycles. The summed E-state index contributed by atoms with van der Waals surface area (Å²) >= 11 is 0.810. The largest absolute Gasteiger partial charge is 0.382 e. The molecule has 0 saturated carbocycles. The predicted molar refractivity (Wildman–Crippen MR) is 157 cm³/mol. The molecular formula is C30H32F2N6O4S. The third kappa shape index (κ3) is 7.00. The van der Waals surface area contributed by atoms with E-state index in [4.69, 9.17) is 0 Å². The number of benzene rings is 2. The highest BCUT2D eigenvalue weighted by Gasteiger charge is 2.39. The van der Waals surface area contributed by atoms with Crippen molar-refractivity contribution in [1.29, 1.82) is 0 Å². The third-order valence-corrected chi connectivity index (χ3v) is 8.51. The molecule has 10 nitrogen and oxygen atoms in total. The van der Waals surface area contributed by atoms with Crippen LogP contribution in [-0.4, -0.2) is 90.9 Å². The van der Waals surface area contributed by atoms with Crippen molar-refractivity contribution in [1.82, 2.24) is 29.5 Å². The normalized spacial score (nSPS) is 18.6. The molecule has 1 atom stereocenters. The van der Waals surface area contributed by atoms with Gasteiger partial charge in [0, 0.05) is 44.4 Å². The van der Waals surface area contributed by atoms with Gasteiger partial charge in [0.05, 0.1) is 11.4 Å². The van der Waals surface area contributed by atoms with Crippen molar-refractivity contribution in [3.63, 3.8) is 0 Å². The minimum absolute atomic E-state index is 0.0104. The number of hydrogen-bond donors (Lipinski definition) is 1. The van der Waals surface area contributed by atoms with E-state index in [9.17, 15) is 28.3 Å². The summed E-state index contributed by atoms with van der Waals surface area (Å²) in [6.45, 7) is 4.93. The van der Waals surface area contributed by atoms with Crippen molar-refractivity contribution in [2.24, 2.45) is 0 Å². The molecule has 43 heavy (non-hydrogen) atoms. The number of thioether (sulfide) groups is 1. The van der Waals surface area contributed by atoms with Crippen LogP contribution in [0.15, 0.2) is 60.0 Å². The molecule has 1 aromatic heterocycles. The van der Waals surface area contributed by atoms with Crippen LogP contribution in [-0.2, 0) is 21.7 Å². The van der Waals surface area contributed by atoms with Crippen LogP contribution in [0, 0.1) is 11.6 Å². The minimum Gasteiger partial charge on any atom is -0.382 e. The number of aromatic nitrogens is 3. The molecule has 1 unspecified atom stereocenters. The second kappa shape index (κ2) is 12.7. The summed E-state index contributed by atoms with van der Waals surface area (Å²) in [5.41, 5.74) is 0.118. The van der Waals surface area contributed by atoms with Crippen LogP contribution in [0.2, 0.25) is 0 Å². The average molecular weight is 611 g/mol. The lowest BCUT2D eigenvalue weighted by molar-refractivity contribution is -0.137. The van der Waals surface area contributed by atoms with Crippen molar-refractivity contribution >= 4 is 34.9 Å². The number of β-amino-alcohol motifs (C(OH)–C–C–N with tert-alkyl or cyclic N) is 1. The Labute approximate surface area is 252 Å². The predicted octanol–water partition coefficient (Wildman–Crippen LogP) is 3.45. The first-order valence-electron chi connectivity index (χ1n) is 13.9. The number of hydrogen-bond acceptors (Lipinski definition) is 8. The molecule has 2 fully saturated rings. The molecule has 3 aromatic rings. The van der Waals surface area contributed by atoms with Gasteiger partial charge < -0.3 is 10.0 Å². The number of halogens is 2. The Hall–Kier alpha value is -3.94. The Kier molecular flexibility index (Phi) is 9.04. The van der Waals surface area contributed by atoms with Crippen LogP contribution < -0.4 is 0 Å². The summed E-state index contributed by atoms with van der Waals surface area (Å²) in [6.07, 6.45) is 4.34. The Balaban J connectivity index is 1.20. The molecule has 0 aliphatic carbocycles. The molecule has 5 rings (SSSR count). The van der Waals surface area contributed by atoms with Gasteiger partial charge in [-0.05, 0) is 40.9 Å². The zero-order chi connectivity index (χ0) is 30.7. The number of amides is 3. The van der Waals surface area contributed by atoms with Gasteiger partial charge in [-0.15, -0.1) is 0 Å². The molecule has 0 radical (unpaired) electrons. The highest BCUT2D eigenvalue weighted by Crippen LogP contribution is 2.33. The van der Waals surface area contributed by atoms with Crippen molar-refractivity contribution < 1.29 is 28.3 Å². The van der Waals surface area contributed by atoms with Crippen molar-refractivity contribution in [3.05, 3.63) is 88.3 Å². The summed E-state index contributed by atoms with van der Waals surface area (Å²) in [5, 5.41) is 15.1. The van der Waals surface area contributed by atoms with E-state index in [2.05, 4.69) is 23.9 Å². The number of piperazine rings is 1. The minimum atomic E-state index is -1.76. The molecule has 2 aromatic carbocycles. The van der Waals surface area contributed by atoms with Crippen molar-refractivity contribution in [2.45, 2.75) is 31.9 Å². The summed E-state index contributed by atoms with van der Waals surface area (Å²) in [6, 6.07) is 10.8. The van der Waals surface area contributed by atoms with E-state index in [-0.39, 0.29) is 49.1 Å². The van der Waals surface area contributed by atoms with E-state index in [1.165, 1.54) is 29.0 Å². The monoisotopic (exact) mass is 610 g/mol. The molecule has 0 spiro atoms. The lowest BCUT2D eigenvalue weighted by Gasteiger charge is -2.40. The standard InChI is InChI=1S/C30H32F2N6O4S/c1-20(2)22-5-3-21(4-6-22)13-26-28(40)38(29(41)43-26)15-27(39)36-11-9-35(10-12-36)16-30(42,17-37-19-33-18-34-37)24-8-7-23(31)14-25(24)32/h3-8,13-14,18-20,42H,9-12,15-17H2,1-2H3. The van der Waals surface area contributed by atoms with Gasteiger partial charge in [0.15, 0.2) is 0 Å². The third-order valence-electron chi connectivity index (χ3n) is 7.60. The number of aliphatic hydroxyl groups is 1. The first-order valence-corrected chi connectivity index (χ1v) is 14.7. The number of carbonyl (C=O) groups is 3. The first-order chi connectivity index (χ1) is 20.5. The van der Waals surface area contributed by atoms with Crippen molar-refractivity contribution in [3.8, 4) is 0 Å². The highest BCUT2D eigenvalue weighted by molar-refractivity contribution is 8.18. The Morgan fingerprint density at radius 3 is 2.42 bits per heavy atom. The summed E-state index contributed by atoms with van der Waals surface area (Å²) in [5.74, 6) is -2.14. The molecule has 13 heteroatoms. The summed E-state index contributed by atoms with van der Waals surface area (Å²) < 4.78 is 29.7. The number of carbonyl (C=O) groups excluding carboxylic acids is 3. The SMILES string of the molecule is CC(C)c1ccc(C=C2SC(=O)N(CC(=O)N3CCN(CC(O)(Cn4cncn4)c4ccc(F)cc4F)CC3)C2=O)cc1. The number of nitrogens with zero attached hydrogens (tertiary/aromatic N) is 6. The Morgan fingerprint density at radius 2 is 1.79 bits per heavy atom. The van der Waals surface area contributed by atoms with Gasteiger partial charge in [-0.2, -0.15) is 5.10 Å². The smallest absolute Gasteiger partial charge is 0.294 e. The number of rotatable bonds is 9. The van der Waals surface area contributed by atoms with Crippen LogP contribution in [0.1, 0.15) is 36.5 Å². The van der Waals surface area contributed by atoms with Crippen LogP contribution in [0.25, 0.3) is 6.08 Å². The van der Waals surface area contributed by atoms with Crippen LogP contribution >= 0.6 is 11.8 Å². The molecule has 0 bridgehead atoms. The van der Waals surface area contributed by atoms with E-state index in [1.807, 2.05) is 29.2 Å². The van der Waals surface area contributed by atoms with E-state index in [0.29, 0.717) is 19.0 Å². The fraction of sp³-hybridized carbons (Fsp3) is 0.367. The Morgan fingerprint density at radius 1 is 1.07 bits per heavy atom. The molecule has 2 aliphatic rings. The maximum atomic E-state index is 14.8. The van der Waals surface area contributed by atoms with E-state index >= 15 is 0 Å². The van der Waals surface area contributed by atoms with Gasteiger partial charge in [0.25, 0.3) is 11.1 Å². The molecule has 226 valence electrons. The maximum Gasteiger partial charge on any atom is 0.294 e. The first kappa shape index (κ1) is 30.5. The van der Waals surface area contributed by atoms with Crippen LogP contribution in [0.4, 0.5) is 13.6 Å². The fourth-order valence-electron chi connectivity index (χ4n) is 5.19. The number of imide groups is 1. The molecule has 1 N–H and O–H groups in total. The molecular weight excluding hydrogens is 578 g/mol. The highest BCUT2D eigenvalue weighted by atomic mass is 32.2. The van der Waals surface area contributed by atoms with Crippen LogP contribution in [0.3, 0.4) is 0 Å². The summed E-state index contributed by atoms with van der Waals surface area (Å²) in [4.78, 5) is 47.2. The van der Waals surface area contributed by atoms with E-state index < -0.39 is 28.4 Å². The molecule has 3 heterocycles. The average Bonchev–Trinajstić information content (AvgIpc) is 3.56. The fourth-order valence-corrected chi connectivity index (χ4v) is 6.03. The zero-order valence-electron chi connectivity index (χ0n) is 23.8. The topological polar surface area (TPSA) is 112 Å². The van der Waals surface area contributed by atoms with E-state index in [0.717, 1.165) is 34.4 Å². The van der Waals surface area contributed by atoms with Gasteiger partial charge in [-0.25, -0.2) is 18.4 Å². The molecule has 2 saturated heterocycles.